The minimum atomic E-state index is -0.259. The fourth-order valence-electron chi connectivity index (χ4n) is 3.34. The van der Waals surface area contributed by atoms with Gasteiger partial charge in [0.15, 0.2) is 5.50 Å². The highest BCUT2D eigenvalue weighted by Gasteiger charge is 2.39. The smallest absolute Gasteiger partial charge is 0.322 e. The molecule has 2 aromatic rings. The number of allylic oxidation sites excluding steroid dienone is 1. The molecule has 0 radical (unpaired) electrons. The van der Waals surface area contributed by atoms with Crippen molar-refractivity contribution in [3.63, 3.8) is 0 Å². The summed E-state index contributed by atoms with van der Waals surface area (Å²) in [7, 11) is 0. The van der Waals surface area contributed by atoms with Gasteiger partial charge in [-0.3, -0.25) is 4.90 Å². The van der Waals surface area contributed by atoms with Crippen LogP contribution >= 0.6 is 23.1 Å². The number of thiazole rings is 1. The fraction of sp³-hybridized carbons (Fsp3) is 0.368. The summed E-state index contributed by atoms with van der Waals surface area (Å²) in [6.07, 6.45) is 0. The van der Waals surface area contributed by atoms with E-state index in [0.717, 1.165) is 22.0 Å². The number of thioether (sulfide) groups is 1. The van der Waals surface area contributed by atoms with Crippen LogP contribution in [0.1, 0.15) is 23.2 Å². The summed E-state index contributed by atoms with van der Waals surface area (Å²) < 4.78 is 13.1. The molecule has 27 heavy (non-hydrogen) atoms. The maximum Gasteiger partial charge on any atom is 0.322 e. The second kappa shape index (κ2) is 7.52. The van der Waals surface area contributed by atoms with E-state index in [1.54, 1.807) is 35.2 Å². The summed E-state index contributed by atoms with van der Waals surface area (Å²) in [6, 6.07) is 6.37. The summed E-state index contributed by atoms with van der Waals surface area (Å²) in [6.45, 7) is 6.64. The van der Waals surface area contributed by atoms with Gasteiger partial charge in [0.25, 0.3) is 0 Å². The van der Waals surface area contributed by atoms with Crippen molar-refractivity contribution in [3.8, 4) is 0 Å². The normalized spacial score (nSPS) is 20.0. The van der Waals surface area contributed by atoms with E-state index in [1.807, 2.05) is 16.7 Å². The second-order valence-corrected chi connectivity index (χ2v) is 8.72. The molecule has 0 N–H and O–H groups in total. The van der Waals surface area contributed by atoms with E-state index in [4.69, 9.17) is 0 Å². The number of hydrogen-bond acceptors (Lipinski definition) is 5. The molecular formula is C19H21FN4OS2. The van der Waals surface area contributed by atoms with Gasteiger partial charge >= 0.3 is 6.03 Å². The molecule has 1 saturated heterocycles. The van der Waals surface area contributed by atoms with Crippen molar-refractivity contribution in [1.29, 1.82) is 0 Å². The Balaban J connectivity index is 1.44. The SMILES string of the molecule is CC1=CSC(N2CCN(Cc3ccc(F)cc3)C2=O)N1Cc1csc(C)n1. The van der Waals surface area contributed by atoms with Gasteiger partial charge in [-0.05, 0) is 37.0 Å². The zero-order valence-electron chi connectivity index (χ0n) is 15.3. The highest BCUT2D eigenvalue weighted by atomic mass is 32.2. The fourth-order valence-corrected chi connectivity index (χ4v) is 5.13. The highest BCUT2D eigenvalue weighted by molar-refractivity contribution is 8.02. The average Bonchev–Trinajstić information content (AvgIpc) is 3.32. The lowest BCUT2D eigenvalue weighted by molar-refractivity contribution is 0.148. The lowest BCUT2D eigenvalue weighted by Gasteiger charge is -2.33. The predicted molar refractivity (Wildman–Crippen MR) is 106 cm³/mol. The van der Waals surface area contributed by atoms with Crippen LogP contribution in [0.2, 0.25) is 0 Å². The molecule has 5 nitrogen and oxygen atoms in total. The molecule has 1 aromatic heterocycles. The number of carbonyl (C=O) groups is 1. The monoisotopic (exact) mass is 404 g/mol. The molecule has 0 saturated carbocycles. The number of rotatable bonds is 5. The molecule has 142 valence electrons. The zero-order valence-corrected chi connectivity index (χ0v) is 16.9. The van der Waals surface area contributed by atoms with E-state index in [-0.39, 0.29) is 17.3 Å². The van der Waals surface area contributed by atoms with Gasteiger partial charge in [0, 0.05) is 30.7 Å². The van der Waals surface area contributed by atoms with Gasteiger partial charge in [0.1, 0.15) is 5.82 Å². The first-order chi connectivity index (χ1) is 13.0. The van der Waals surface area contributed by atoms with Gasteiger partial charge in [-0.15, -0.1) is 11.3 Å². The molecule has 1 aromatic carbocycles. The van der Waals surface area contributed by atoms with E-state index in [0.29, 0.717) is 26.2 Å². The van der Waals surface area contributed by atoms with E-state index in [2.05, 4.69) is 27.6 Å². The maximum atomic E-state index is 13.1. The molecule has 1 unspecified atom stereocenters. The molecule has 1 atom stereocenters. The number of benzene rings is 1. The molecule has 8 heteroatoms. The molecule has 1 fully saturated rings. The summed E-state index contributed by atoms with van der Waals surface area (Å²) in [4.78, 5) is 23.5. The molecule has 4 rings (SSSR count). The van der Waals surface area contributed by atoms with Crippen LogP contribution in [0.15, 0.2) is 40.8 Å². The Kier molecular flexibility index (Phi) is 5.10. The van der Waals surface area contributed by atoms with Crippen LogP contribution in [0.4, 0.5) is 9.18 Å². The van der Waals surface area contributed by atoms with E-state index in [1.165, 1.54) is 12.1 Å². The number of aromatic nitrogens is 1. The first-order valence-corrected chi connectivity index (χ1v) is 10.6. The van der Waals surface area contributed by atoms with Gasteiger partial charge in [0.05, 0.1) is 17.2 Å². The predicted octanol–water partition coefficient (Wildman–Crippen LogP) is 4.22. The molecule has 0 aliphatic carbocycles. The Morgan fingerprint density at radius 1 is 1.19 bits per heavy atom. The van der Waals surface area contributed by atoms with Gasteiger partial charge in [-0.25, -0.2) is 14.2 Å². The van der Waals surface area contributed by atoms with Gasteiger partial charge in [0.2, 0.25) is 0 Å². The Hall–Kier alpha value is -2.06. The van der Waals surface area contributed by atoms with Crippen LogP contribution in [0.25, 0.3) is 0 Å². The number of aryl methyl sites for hydroxylation is 1. The maximum absolute atomic E-state index is 13.1. The van der Waals surface area contributed by atoms with Crippen molar-refractivity contribution in [1.82, 2.24) is 19.7 Å². The quantitative estimate of drug-likeness (QED) is 0.748. The molecule has 2 aliphatic heterocycles. The van der Waals surface area contributed by atoms with Crippen LogP contribution in [-0.4, -0.2) is 44.3 Å². The minimum Gasteiger partial charge on any atom is -0.340 e. The third-order valence-electron chi connectivity index (χ3n) is 4.76. The topological polar surface area (TPSA) is 39.7 Å². The highest BCUT2D eigenvalue weighted by Crippen LogP contribution is 2.36. The summed E-state index contributed by atoms with van der Waals surface area (Å²) in [5.74, 6) is -0.259. The largest absolute Gasteiger partial charge is 0.340 e. The summed E-state index contributed by atoms with van der Waals surface area (Å²) in [5.41, 5.74) is 3.08. The van der Waals surface area contributed by atoms with Crippen LogP contribution in [0.3, 0.4) is 0 Å². The number of nitrogens with zero attached hydrogens (tertiary/aromatic N) is 4. The molecular weight excluding hydrogens is 383 g/mol. The summed E-state index contributed by atoms with van der Waals surface area (Å²) in [5, 5.41) is 5.24. The van der Waals surface area contributed by atoms with Crippen LogP contribution in [0.5, 0.6) is 0 Å². The Labute approximate surface area is 166 Å². The lowest BCUT2D eigenvalue weighted by atomic mass is 10.2. The van der Waals surface area contributed by atoms with E-state index in [9.17, 15) is 9.18 Å². The van der Waals surface area contributed by atoms with Crippen molar-refractivity contribution < 1.29 is 9.18 Å². The van der Waals surface area contributed by atoms with Crippen molar-refractivity contribution >= 4 is 29.1 Å². The van der Waals surface area contributed by atoms with Crippen molar-refractivity contribution in [2.45, 2.75) is 32.4 Å². The molecule has 2 amide bonds. The van der Waals surface area contributed by atoms with E-state index >= 15 is 0 Å². The minimum absolute atomic E-state index is 0.0272. The molecule has 3 heterocycles. The van der Waals surface area contributed by atoms with Gasteiger partial charge in [-0.1, -0.05) is 23.9 Å². The number of amides is 2. The molecule has 0 bridgehead atoms. The Morgan fingerprint density at radius 3 is 2.67 bits per heavy atom. The molecule has 0 spiro atoms. The number of hydrogen-bond donors (Lipinski definition) is 0. The number of halogens is 1. The van der Waals surface area contributed by atoms with Gasteiger partial charge < -0.3 is 9.80 Å². The Bertz CT molecular complexity index is 867. The zero-order chi connectivity index (χ0) is 19.0. The van der Waals surface area contributed by atoms with Crippen LogP contribution in [0, 0.1) is 12.7 Å². The van der Waals surface area contributed by atoms with Crippen LogP contribution in [-0.2, 0) is 13.1 Å². The van der Waals surface area contributed by atoms with Gasteiger partial charge in [-0.2, -0.15) is 0 Å². The van der Waals surface area contributed by atoms with Crippen molar-refractivity contribution in [2.24, 2.45) is 0 Å². The third-order valence-corrected chi connectivity index (χ3v) is 6.81. The lowest BCUT2D eigenvalue weighted by Crippen LogP contribution is -2.45. The standard InChI is InChI=1S/C19H21FN4OS2/c1-13-11-27-19(24(13)10-17-12-26-14(2)21-17)23-8-7-22(18(23)25)9-15-3-5-16(20)6-4-15/h3-6,11-12,19H,7-10H2,1-2H3. The van der Waals surface area contributed by atoms with Crippen molar-refractivity contribution in [3.05, 3.63) is 62.8 Å². The third kappa shape index (κ3) is 3.82. The Morgan fingerprint density at radius 2 is 1.96 bits per heavy atom. The number of urea groups is 1. The first-order valence-electron chi connectivity index (χ1n) is 8.81. The molecule has 2 aliphatic rings. The van der Waals surface area contributed by atoms with Crippen LogP contribution < -0.4 is 0 Å². The van der Waals surface area contributed by atoms with E-state index < -0.39 is 0 Å². The number of carbonyl (C=O) groups excluding carboxylic acids is 1. The second-order valence-electron chi connectivity index (χ2n) is 6.73. The van der Waals surface area contributed by atoms with Crippen molar-refractivity contribution in [2.75, 3.05) is 13.1 Å². The summed E-state index contributed by atoms with van der Waals surface area (Å²) >= 11 is 3.31. The average molecular weight is 405 g/mol. The first kappa shape index (κ1) is 18.3.